The molecule has 0 N–H and O–H groups in total. The fraction of sp³-hybridized carbons (Fsp3) is 0. The predicted molar refractivity (Wildman–Crippen MR) is 95.7 cm³/mol. The summed E-state index contributed by atoms with van der Waals surface area (Å²) in [7, 11) is 0. The highest BCUT2D eigenvalue weighted by Gasteiger charge is 2.15. The number of Topliss-reactive ketones (excluding diaryl/α,β-unsaturated/α-hetero) is 1. The molecule has 3 aromatic rings. The van der Waals surface area contributed by atoms with Crippen LogP contribution >= 0.6 is 11.3 Å². The average molecular weight is 318 g/mol. The van der Waals surface area contributed by atoms with Crippen molar-refractivity contribution in [1.29, 1.82) is 0 Å². The second-order valence-corrected chi connectivity index (χ2v) is 5.59. The molecule has 0 spiro atoms. The molecule has 3 nitrogen and oxygen atoms in total. The number of benzene rings is 2. The molecule has 23 heavy (non-hydrogen) atoms. The van der Waals surface area contributed by atoms with Crippen LogP contribution in [0.15, 0.2) is 87.7 Å². The molecule has 0 saturated heterocycles. The van der Waals surface area contributed by atoms with Gasteiger partial charge in [0, 0.05) is 16.7 Å². The normalized spacial score (nSPS) is 11.7. The molecule has 0 fully saturated rings. The van der Waals surface area contributed by atoms with Crippen LogP contribution in [-0.2, 0) is 0 Å². The maximum atomic E-state index is 12.7. The zero-order valence-electron chi connectivity index (χ0n) is 12.3. The number of nitrogens with zero attached hydrogens (tertiary/aromatic N) is 2. The number of hydrogen-bond acceptors (Lipinski definition) is 4. The minimum Gasteiger partial charge on any atom is -0.287 e. The van der Waals surface area contributed by atoms with Gasteiger partial charge >= 0.3 is 0 Å². The summed E-state index contributed by atoms with van der Waals surface area (Å²) in [6.45, 7) is 0. The van der Waals surface area contributed by atoms with Gasteiger partial charge in [-0.1, -0.05) is 60.7 Å². The van der Waals surface area contributed by atoms with Crippen LogP contribution in [0, 0.1) is 0 Å². The number of carbonyl (C=O) groups is 1. The van der Waals surface area contributed by atoms with Gasteiger partial charge in [-0.15, -0.1) is 5.10 Å². The molecular formula is C19H14N2OS. The molecule has 2 aromatic carbocycles. The van der Waals surface area contributed by atoms with Crippen LogP contribution in [0.25, 0.3) is 0 Å². The Morgan fingerprint density at radius 3 is 2.13 bits per heavy atom. The molecule has 0 aliphatic heterocycles. The number of rotatable bonds is 5. The predicted octanol–water partition coefficient (Wildman–Crippen LogP) is 4.45. The Bertz CT molecular complexity index is 822. The maximum absolute atomic E-state index is 12.7. The van der Waals surface area contributed by atoms with E-state index in [-0.39, 0.29) is 5.78 Å². The van der Waals surface area contributed by atoms with E-state index in [0.717, 1.165) is 11.1 Å². The van der Waals surface area contributed by atoms with Crippen molar-refractivity contribution in [3.05, 3.63) is 94.2 Å². The van der Waals surface area contributed by atoms with Crippen molar-refractivity contribution >= 4 is 29.0 Å². The summed E-state index contributed by atoms with van der Waals surface area (Å²) in [4.78, 5) is 12.7. The summed E-state index contributed by atoms with van der Waals surface area (Å²) < 4.78 is 0. The summed E-state index contributed by atoms with van der Waals surface area (Å²) in [6, 6.07) is 20.5. The van der Waals surface area contributed by atoms with Gasteiger partial charge in [0.05, 0.1) is 6.21 Å². The lowest BCUT2D eigenvalue weighted by Gasteiger charge is -2.04. The molecule has 0 radical (unpaired) electrons. The minimum absolute atomic E-state index is 0.140. The fourth-order valence-electron chi connectivity index (χ4n) is 2.06. The minimum atomic E-state index is -0.140. The third-order valence-corrected chi connectivity index (χ3v) is 3.91. The zero-order chi connectivity index (χ0) is 15.9. The highest BCUT2D eigenvalue weighted by atomic mass is 32.1. The number of thiophene rings is 1. The van der Waals surface area contributed by atoms with Crippen LogP contribution in [0.1, 0.15) is 21.5 Å². The van der Waals surface area contributed by atoms with E-state index >= 15 is 0 Å². The first-order valence-corrected chi connectivity index (χ1v) is 8.07. The van der Waals surface area contributed by atoms with Crippen molar-refractivity contribution in [3.63, 3.8) is 0 Å². The fourth-order valence-corrected chi connectivity index (χ4v) is 2.67. The van der Waals surface area contributed by atoms with E-state index in [1.54, 1.807) is 29.7 Å². The van der Waals surface area contributed by atoms with Crippen molar-refractivity contribution in [2.45, 2.75) is 0 Å². The summed E-state index contributed by atoms with van der Waals surface area (Å²) in [5.74, 6) is -0.140. The SMILES string of the molecule is O=C(/C(=N\N=C/c1ccsc1)c1ccccc1)c1ccccc1. The Morgan fingerprint density at radius 1 is 0.870 bits per heavy atom. The van der Waals surface area contributed by atoms with Gasteiger partial charge in [0.2, 0.25) is 5.78 Å². The van der Waals surface area contributed by atoms with Crippen molar-refractivity contribution in [2.75, 3.05) is 0 Å². The van der Waals surface area contributed by atoms with Crippen LogP contribution in [0.3, 0.4) is 0 Å². The molecular weight excluding hydrogens is 304 g/mol. The van der Waals surface area contributed by atoms with Gasteiger partial charge in [0.1, 0.15) is 5.71 Å². The van der Waals surface area contributed by atoms with Gasteiger partial charge < -0.3 is 0 Å². The third kappa shape index (κ3) is 3.87. The van der Waals surface area contributed by atoms with Crippen LogP contribution < -0.4 is 0 Å². The van der Waals surface area contributed by atoms with Gasteiger partial charge in [-0.25, -0.2) is 0 Å². The Hall–Kier alpha value is -2.85. The lowest BCUT2D eigenvalue weighted by molar-refractivity contribution is 0.106. The second-order valence-electron chi connectivity index (χ2n) is 4.81. The molecule has 0 bridgehead atoms. The van der Waals surface area contributed by atoms with Crippen LogP contribution in [-0.4, -0.2) is 17.7 Å². The second kappa shape index (κ2) is 7.42. The van der Waals surface area contributed by atoms with E-state index < -0.39 is 0 Å². The largest absolute Gasteiger partial charge is 0.287 e. The first-order valence-electron chi connectivity index (χ1n) is 7.13. The highest BCUT2D eigenvalue weighted by Crippen LogP contribution is 2.10. The molecule has 0 atom stereocenters. The summed E-state index contributed by atoms with van der Waals surface area (Å²) in [5.41, 5.74) is 2.66. The molecule has 0 saturated carbocycles. The van der Waals surface area contributed by atoms with Gasteiger partial charge in [-0.05, 0) is 16.8 Å². The Morgan fingerprint density at radius 2 is 1.52 bits per heavy atom. The van der Waals surface area contributed by atoms with E-state index in [0.29, 0.717) is 11.3 Å². The summed E-state index contributed by atoms with van der Waals surface area (Å²) >= 11 is 1.59. The quantitative estimate of drug-likeness (QED) is 0.389. The lowest BCUT2D eigenvalue weighted by atomic mass is 10.0. The van der Waals surface area contributed by atoms with Gasteiger partial charge in [-0.2, -0.15) is 16.4 Å². The standard InChI is InChI=1S/C19H14N2OS/c22-19(17-9-5-2-6-10-17)18(16-7-3-1-4-8-16)21-20-13-15-11-12-23-14-15/h1-14H/b20-13-,21-18-. The molecule has 4 heteroatoms. The maximum Gasteiger partial charge on any atom is 0.213 e. The molecule has 0 aliphatic carbocycles. The number of ketones is 1. The van der Waals surface area contributed by atoms with Gasteiger partial charge in [0.25, 0.3) is 0 Å². The van der Waals surface area contributed by atoms with Crippen molar-refractivity contribution in [3.8, 4) is 0 Å². The van der Waals surface area contributed by atoms with Crippen molar-refractivity contribution < 1.29 is 4.79 Å². The lowest BCUT2D eigenvalue weighted by Crippen LogP contribution is -2.15. The third-order valence-electron chi connectivity index (χ3n) is 3.21. The van der Waals surface area contributed by atoms with E-state index in [1.807, 2.05) is 65.4 Å². The van der Waals surface area contributed by atoms with Crippen LogP contribution in [0.2, 0.25) is 0 Å². The zero-order valence-corrected chi connectivity index (χ0v) is 13.1. The smallest absolute Gasteiger partial charge is 0.213 e. The monoisotopic (exact) mass is 318 g/mol. The van der Waals surface area contributed by atoms with Crippen molar-refractivity contribution in [2.24, 2.45) is 10.2 Å². The molecule has 0 amide bonds. The molecule has 0 aliphatic rings. The van der Waals surface area contributed by atoms with E-state index in [9.17, 15) is 4.79 Å². The Balaban J connectivity index is 1.96. The molecule has 1 aromatic heterocycles. The molecule has 3 rings (SSSR count). The topological polar surface area (TPSA) is 41.8 Å². The average Bonchev–Trinajstić information content (AvgIpc) is 3.13. The summed E-state index contributed by atoms with van der Waals surface area (Å²) in [5, 5.41) is 12.2. The molecule has 1 heterocycles. The van der Waals surface area contributed by atoms with E-state index in [4.69, 9.17) is 0 Å². The van der Waals surface area contributed by atoms with E-state index in [2.05, 4.69) is 10.2 Å². The first kappa shape index (κ1) is 15.1. The first-order chi connectivity index (χ1) is 11.3. The molecule has 0 unspecified atom stereocenters. The Kier molecular flexibility index (Phi) is 4.86. The highest BCUT2D eigenvalue weighted by molar-refractivity contribution is 7.08. The number of carbonyl (C=O) groups excluding carboxylic acids is 1. The molecule has 112 valence electrons. The number of hydrogen-bond donors (Lipinski definition) is 0. The van der Waals surface area contributed by atoms with Crippen molar-refractivity contribution in [1.82, 2.24) is 0 Å². The van der Waals surface area contributed by atoms with E-state index in [1.165, 1.54) is 0 Å². The van der Waals surface area contributed by atoms with Crippen LogP contribution in [0.5, 0.6) is 0 Å². The van der Waals surface area contributed by atoms with Gasteiger partial charge in [0.15, 0.2) is 0 Å². The van der Waals surface area contributed by atoms with Gasteiger partial charge in [-0.3, -0.25) is 4.79 Å². The Labute approximate surface area is 138 Å². The summed E-state index contributed by atoms with van der Waals surface area (Å²) in [6.07, 6.45) is 1.65. The van der Waals surface area contributed by atoms with Crippen LogP contribution in [0.4, 0.5) is 0 Å².